The first kappa shape index (κ1) is 21.0. The molecule has 3 aromatic rings. The van der Waals surface area contributed by atoms with Crippen LogP contribution in [0.1, 0.15) is 11.1 Å². The number of halogens is 3. The molecule has 29 heavy (non-hydrogen) atoms. The molecule has 0 fully saturated rings. The average molecular weight is 496 g/mol. The van der Waals surface area contributed by atoms with E-state index in [1.54, 1.807) is 30.3 Å². The molecule has 1 aromatic heterocycles. The van der Waals surface area contributed by atoms with Crippen LogP contribution in [0.25, 0.3) is 0 Å². The summed E-state index contributed by atoms with van der Waals surface area (Å²) >= 11 is 15.5. The average Bonchev–Trinajstić information content (AvgIpc) is 2.69. The van der Waals surface area contributed by atoms with Crippen LogP contribution < -0.4 is 10.2 Å². The number of pyridine rings is 1. The van der Waals surface area contributed by atoms with Crippen LogP contribution in [0.4, 0.5) is 11.5 Å². The van der Waals surface area contributed by atoms with Crippen LogP contribution in [0.15, 0.2) is 64.3 Å². The second-order valence-electron chi connectivity index (χ2n) is 5.71. The van der Waals surface area contributed by atoms with Crippen LogP contribution in [0.3, 0.4) is 0 Å². The minimum absolute atomic E-state index is 0.0626. The van der Waals surface area contributed by atoms with Gasteiger partial charge in [-0.3, -0.25) is 15.5 Å². The van der Waals surface area contributed by atoms with Gasteiger partial charge < -0.3 is 4.74 Å². The van der Waals surface area contributed by atoms with Crippen LogP contribution in [-0.2, 0) is 6.61 Å². The molecule has 0 saturated heterocycles. The summed E-state index contributed by atoms with van der Waals surface area (Å²) in [4.78, 5) is 14.4. The van der Waals surface area contributed by atoms with Crippen LogP contribution in [0, 0.1) is 10.1 Å². The van der Waals surface area contributed by atoms with Gasteiger partial charge in [0, 0.05) is 27.9 Å². The number of nitrogens with one attached hydrogen (secondary N) is 1. The molecule has 2 aromatic carbocycles. The number of rotatable bonds is 7. The lowest BCUT2D eigenvalue weighted by atomic mass is 10.2. The number of nitrogens with zero attached hydrogens (tertiary/aromatic N) is 3. The maximum atomic E-state index is 11.0. The Morgan fingerprint density at radius 3 is 2.79 bits per heavy atom. The predicted molar refractivity (Wildman–Crippen MR) is 117 cm³/mol. The highest BCUT2D eigenvalue weighted by Gasteiger charge is 2.13. The summed E-state index contributed by atoms with van der Waals surface area (Å²) in [6.45, 7) is 0.285. The van der Waals surface area contributed by atoms with Gasteiger partial charge in [-0.1, -0.05) is 29.3 Å². The summed E-state index contributed by atoms with van der Waals surface area (Å²) in [6.07, 6.45) is 2.96. The standard InChI is InChI=1S/C19H13BrCl2N4O3/c20-15-8-12(10-24-25-19-17(26(27)28)2-1-7-23-19)3-6-18(15)29-11-13-4-5-14(21)9-16(13)22/h1-10H,11H2,(H,23,25)/b24-10-. The Morgan fingerprint density at radius 2 is 2.07 bits per heavy atom. The SMILES string of the molecule is O=[N+]([O-])c1cccnc1N/N=C\c1ccc(OCc2ccc(Cl)cc2Cl)c(Br)c1. The summed E-state index contributed by atoms with van der Waals surface area (Å²) < 4.78 is 6.51. The molecule has 0 bridgehead atoms. The van der Waals surface area contributed by atoms with Crippen LogP contribution >= 0.6 is 39.1 Å². The van der Waals surface area contributed by atoms with Crippen molar-refractivity contribution in [2.45, 2.75) is 6.61 Å². The van der Waals surface area contributed by atoms with E-state index in [1.807, 2.05) is 6.07 Å². The number of hydrogen-bond donors (Lipinski definition) is 1. The van der Waals surface area contributed by atoms with Gasteiger partial charge in [0.15, 0.2) is 0 Å². The van der Waals surface area contributed by atoms with E-state index in [9.17, 15) is 10.1 Å². The molecule has 0 radical (unpaired) electrons. The highest BCUT2D eigenvalue weighted by molar-refractivity contribution is 9.10. The van der Waals surface area contributed by atoms with Gasteiger partial charge in [-0.2, -0.15) is 5.10 Å². The highest BCUT2D eigenvalue weighted by Crippen LogP contribution is 2.28. The van der Waals surface area contributed by atoms with E-state index in [1.165, 1.54) is 24.5 Å². The van der Waals surface area contributed by atoms with E-state index in [4.69, 9.17) is 27.9 Å². The van der Waals surface area contributed by atoms with E-state index in [0.717, 1.165) is 15.6 Å². The fourth-order valence-electron chi connectivity index (χ4n) is 2.31. The smallest absolute Gasteiger partial charge is 0.313 e. The largest absolute Gasteiger partial charge is 0.488 e. The summed E-state index contributed by atoms with van der Waals surface area (Å²) in [5.74, 6) is 0.689. The van der Waals surface area contributed by atoms with Gasteiger partial charge >= 0.3 is 5.69 Å². The maximum Gasteiger partial charge on any atom is 0.313 e. The zero-order valence-electron chi connectivity index (χ0n) is 14.7. The minimum atomic E-state index is -0.527. The molecule has 3 rings (SSSR count). The molecule has 0 aliphatic rings. The quantitative estimate of drug-likeness (QED) is 0.243. The summed E-state index contributed by atoms with van der Waals surface area (Å²) in [6, 6.07) is 13.4. The van der Waals surface area contributed by atoms with Crippen molar-refractivity contribution in [1.29, 1.82) is 0 Å². The van der Waals surface area contributed by atoms with Crippen LogP contribution in [0.5, 0.6) is 5.75 Å². The second-order valence-corrected chi connectivity index (χ2v) is 7.41. The Hall–Kier alpha value is -2.68. The molecule has 148 valence electrons. The van der Waals surface area contributed by atoms with E-state index in [2.05, 4.69) is 31.4 Å². The van der Waals surface area contributed by atoms with Crippen molar-refractivity contribution in [3.05, 3.63) is 90.5 Å². The minimum Gasteiger partial charge on any atom is -0.488 e. The number of benzene rings is 2. The van der Waals surface area contributed by atoms with Crippen LogP contribution in [-0.4, -0.2) is 16.1 Å². The van der Waals surface area contributed by atoms with Gasteiger partial charge in [0.05, 0.1) is 15.6 Å². The van der Waals surface area contributed by atoms with Crippen molar-refractivity contribution in [3.63, 3.8) is 0 Å². The molecule has 0 spiro atoms. The number of hydrogen-bond acceptors (Lipinski definition) is 6. The summed E-state index contributed by atoms with van der Waals surface area (Å²) in [5.41, 5.74) is 3.99. The maximum absolute atomic E-state index is 11.0. The topological polar surface area (TPSA) is 89.7 Å². The Morgan fingerprint density at radius 1 is 1.24 bits per heavy atom. The predicted octanol–water partition coefficient (Wildman–Crippen LogP) is 6.08. The molecule has 0 saturated carbocycles. The van der Waals surface area contributed by atoms with Crippen molar-refractivity contribution >= 4 is 56.9 Å². The number of nitro groups is 1. The third kappa shape index (κ3) is 5.66. The molecular weight excluding hydrogens is 483 g/mol. The lowest BCUT2D eigenvalue weighted by molar-refractivity contribution is -0.384. The van der Waals surface area contributed by atoms with Crippen LogP contribution in [0.2, 0.25) is 10.0 Å². The molecule has 7 nitrogen and oxygen atoms in total. The van der Waals surface area contributed by atoms with E-state index in [-0.39, 0.29) is 18.1 Å². The highest BCUT2D eigenvalue weighted by atomic mass is 79.9. The molecule has 1 heterocycles. The second kappa shape index (κ2) is 9.69. The molecule has 0 amide bonds. The molecular formula is C19H13BrCl2N4O3. The van der Waals surface area contributed by atoms with Gasteiger partial charge in [-0.05, 0) is 57.9 Å². The van der Waals surface area contributed by atoms with Gasteiger partial charge in [-0.15, -0.1) is 0 Å². The van der Waals surface area contributed by atoms with Crippen molar-refractivity contribution in [2.75, 3.05) is 5.43 Å². The van der Waals surface area contributed by atoms with Crippen molar-refractivity contribution in [2.24, 2.45) is 5.10 Å². The normalized spacial score (nSPS) is 10.9. The van der Waals surface area contributed by atoms with Gasteiger partial charge in [0.1, 0.15) is 12.4 Å². The Bertz CT molecular complexity index is 1080. The molecule has 0 atom stereocenters. The van der Waals surface area contributed by atoms with Crippen molar-refractivity contribution in [3.8, 4) is 5.75 Å². The molecule has 1 N–H and O–H groups in total. The third-order valence-electron chi connectivity index (χ3n) is 3.72. The third-order valence-corrected chi connectivity index (χ3v) is 4.93. The van der Waals surface area contributed by atoms with Crippen molar-refractivity contribution in [1.82, 2.24) is 4.98 Å². The van der Waals surface area contributed by atoms with Gasteiger partial charge in [-0.25, -0.2) is 4.98 Å². The number of aromatic nitrogens is 1. The Labute approximate surface area is 184 Å². The van der Waals surface area contributed by atoms with Crippen molar-refractivity contribution < 1.29 is 9.66 Å². The molecule has 0 aliphatic carbocycles. The van der Waals surface area contributed by atoms with Gasteiger partial charge in [0.25, 0.3) is 0 Å². The first-order valence-electron chi connectivity index (χ1n) is 8.19. The zero-order chi connectivity index (χ0) is 20.8. The summed E-state index contributed by atoms with van der Waals surface area (Å²) in [7, 11) is 0. The molecule has 10 heteroatoms. The first-order valence-corrected chi connectivity index (χ1v) is 9.73. The van der Waals surface area contributed by atoms with E-state index < -0.39 is 4.92 Å². The Kier molecular flexibility index (Phi) is 7.03. The number of ether oxygens (including phenoxy) is 1. The molecule has 0 unspecified atom stereocenters. The van der Waals surface area contributed by atoms with E-state index in [0.29, 0.717) is 15.8 Å². The number of hydrazone groups is 1. The zero-order valence-corrected chi connectivity index (χ0v) is 17.8. The lowest BCUT2D eigenvalue weighted by Crippen LogP contribution is -1.99. The van der Waals surface area contributed by atoms with Gasteiger partial charge in [0.2, 0.25) is 5.82 Å². The number of anilines is 1. The fraction of sp³-hybridized carbons (Fsp3) is 0.0526. The fourth-order valence-corrected chi connectivity index (χ4v) is 3.28. The summed E-state index contributed by atoms with van der Waals surface area (Å²) in [5, 5.41) is 16.1. The Balaban J connectivity index is 1.65. The first-order chi connectivity index (χ1) is 13.9. The lowest BCUT2D eigenvalue weighted by Gasteiger charge is -2.10. The van der Waals surface area contributed by atoms with E-state index >= 15 is 0 Å². The monoisotopic (exact) mass is 494 g/mol. The molecule has 0 aliphatic heterocycles.